The molecule has 3 nitrogen and oxygen atoms in total. The highest BCUT2D eigenvalue weighted by Gasteiger charge is 2.05. The summed E-state index contributed by atoms with van der Waals surface area (Å²) in [6.45, 7) is 0. The molecule has 2 N–H and O–H groups in total. The van der Waals surface area contributed by atoms with E-state index in [0.717, 1.165) is 10.6 Å². The number of nitrogens with zero attached hydrogens (tertiary/aromatic N) is 2. The number of nitrogen functional groups attached to an aromatic ring is 1. The number of hydrogen-bond donors (Lipinski definition) is 1. The van der Waals surface area contributed by atoms with Gasteiger partial charge in [-0.2, -0.15) is 0 Å². The summed E-state index contributed by atoms with van der Waals surface area (Å²) in [6, 6.07) is 5.52. The van der Waals surface area contributed by atoms with E-state index in [2.05, 4.69) is 9.97 Å². The zero-order valence-electron chi connectivity index (χ0n) is 8.43. The maximum Gasteiger partial charge on any atom is 0.115 e. The minimum absolute atomic E-state index is 0.691. The molecule has 0 saturated heterocycles. The smallest absolute Gasteiger partial charge is 0.115 e. The van der Waals surface area contributed by atoms with Crippen LogP contribution in [0.4, 0.5) is 5.69 Å². The van der Waals surface area contributed by atoms with Crippen LogP contribution in [0.5, 0.6) is 0 Å². The Bertz CT molecular complexity index is 456. The fraction of sp³-hybridized carbons (Fsp3) is 0.0909. The summed E-state index contributed by atoms with van der Waals surface area (Å²) in [5.41, 5.74) is 7.51. The molecule has 82 valence electrons. The number of rotatable bonds is 3. The molecule has 2 aromatic rings. The van der Waals surface area contributed by atoms with Gasteiger partial charge in [0.1, 0.15) is 5.03 Å². The number of thioether (sulfide) groups is 1. The average Bonchev–Trinajstić information content (AvgIpc) is 2.30. The molecule has 1 heterocycles. The minimum Gasteiger partial charge on any atom is -0.398 e. The van der Waals surface area contributed by atoms with Gasteiger partial charge in [0.15, 0.2) is 0 Å². The van der Waals surface area contributed by atoms with Gasteiger partial charge in [-0.05, 0) is 12.1 Å². The number of benzene rings is 1. The van der Waals surface area contributed by atoms with Gasteiger partial charge < -0.3 is 5.73 Å². The zero-order chi connectivity index (χ0) is 11.4. The molecule has 0 atom stereocenters. The van der Waals surface area contributed by atoms with Gasteiger partial charge in [0.05, 0.1) is 6.20 Å². The highest BCUT2D eigenvalue weighted by atomic mass is 35.5. The molecule has 0 bridgehead atoms. The van der Waals surface area contributed by atoms with Crippen LogP contribution in [0.3, 0.4) is 0 Å². The van der Waals surface area contributed by atoms with Crippen LogP contribution in [0.1, 0.15) is 5.56 Å². The maximum absolute atomic E-state index is 6.07. The van der Waals surface area contributed by atoms with Crippen molar-refractivity contribution in [3.05, 3.63) is 47.4 Å². The monoisotopic (exact) mass is 251 g/mol. The Morgan fingerprint density at radius 2 is 2.19 bits per heavy atom. The number of nitrogens with two attached hydrogens (primary N) is 1. The Morgan fingerprint density at radius 3 is 2.88 bits per heavy atom. The Morgan fingerprint density at radius 1 is 1.31 bits per heavy atom. The standard InChI is InChI=1S/C11H10ClN3S/c12-9-2-1-3-10(13)8(9)7-16-11-6-14-4-5-15-11/h1-6H,7,13H2. The number of hydrogen-bond acceptors (Lipinski definition) is 4. The first-order valence-electron chi connectivity index (χ1n) is 4.69. The van der Waals surface area contributed by atoms with Crippen LogP contribution in [-0.2, 0) is 5.75 Å². The van der Waals surface area contributed by atoms with Gasteiger partial charge in [0.25, 0.3) is 0 Å². The van der Waals surface area contributed by atoms with Gasteiger partial charge in [-0.25, -0.2) is 4.98 Å². The average molecular weight is 252 g/mol. The molecule has 0 aliphatic rings. The van der Waals surface area contributed by atoms with Gasteiger partial charge >= 0.3 is 0 Å². The molecule has 0 spiro atoms. The van der Waals surface area contributed by atoms with Crippen molar-refractivity contribution < 1.29 is 0 Å². The second-order valence-electron chi connectivity index (χ2n) is 3.14. The summed E-state index contributed by atoms with van der Waals surface area (Å²) in [4.78, 5) is 8.16. The molecule has 0 radical (unpaired) electrons. The maximum atomic E-state index is 6.07. The van der Waals surface area contributed by atoms with E-state index in [0.29, 0.717) is 16.5 Å². The highest BCUT2D eigenvalue weighted by Crippen LogP contribution is 2.28. The quantitative estimate of drug-likeness (QED) is 0.673. The molecule has 0 unspecified atom stereocenters. The lowest BCUT2D eigenvalue weighted by atomic mass is 10.2. The van der Waals surface area contributed by atoms with E-state index in [1.807, 2.05) is 18.2 Å². The van der Waals surface area contributed by atoms with Gasteiger partial charge in [-0.1, -0.05) is 29.4 Å². The summed E-state index contributed by atoms with van der Waals surface area (Å²) in [6.07, 6.45) is 5.03. The lowest BCUT2D eigenvalue weighted by Crippen LogP contribution is -1.93. The van der Waals surface area contributed by atoms with E-state index in [1.165, 1.54) is 0 Å². The Balaban J connectivity index is 2.11. The van der Waals surface area contributed by atoms with Crippen molar-refractivity contribution in [1.29, 1.82) is 0 Å². The van der Waals surface area contributed by atoms with Crippen molar-refractivity contribution in [3.8, 4) is 0 Å². The summed E-state index contributed by atoms with van der Waals surface area (Å²) < 4.78 is 0. The molecule has 1 aromatic heterocycles. The first-order chi connectivity index (χ1) is 7.77. The third kappa shape index (κ3) is 2.65. The fourth-order valence-electron chi connectivity index (χ4n) is 1.23. The normalized spacial score (nSPS) is 10.3. The molecule has 5 heteroatoms. The second-order valence-corrected chi connectivity index (χ2v) is 4.54. The molecular formula is C11H10ClN3S. The fourth-order valence-corrected chi connectivity index (χ4v) is 2.45. The lowest BCUT2D eigenvalue weighted by Gasteiger charge is -2.06. The Labute approximate surface area is 103 Å². The van der Waals surface area contributed by atoms with E-state index < -0.39 is 0 Å². The van der Waals surface area contributed by atoms with Crippen LogP contribution >= 0.6 is 23.4 Å². The van der Waals surface area contributed by atoms with Gasteiger partial charge in [-0.15, -0.1) is 0 Å². The van der Waals surface area contributed by atoms with Crippen LogP contribution in [0.25, 0.3) is 0 Å². The van der Waals surface area contributed by atoms with Crippen molar-refractivity contribution >= 4 is 29.1 Å². The van der Waals surface area contributed by atoms with Crippen molar-refractivity contribution in [2.75, 3.05) is 5.73 Å². The number of anilines is 1. The zero-order valence-corrected chi connectivity index (χ0v) is 10.0. The first kappa shape index (κ1) is 11.2. The third-order valence-corrected chi connectivity index (χ3v) is 3.35. The predicted octanol–water partition coefficient (Wildman–Crippen LogP) is 3.00. The van der Waals surface area contributed by atoms with Crippen LogP contribution in [0, 0.1) is 0 Å². The van der Waals surface area contributed by atoms with Crippen LogP contribution in [0.15, 0.2) is 41.8 Å². The molecule has 0 saturated carbocycles. The van der Waals surface area contributed by atoms with Gasteiger partial charge in [0, 0.05) is 34.4 Å². The Kier molecular flexibility index (Phi) is 3.64. The van der Waals surface area contributed by atoms with Crippen LogP contribution in [0.2, 0.25) is 5.02 Å². The third-order valence-electron chi connectivity index (χ3n) is 2.06. The minimum atomic E-state index is 0.691. The number of halogens is 1. The van der Waals surface area contributed by atoms with Gasteiger partial charge in [-0.3, -0.25) is 4.98 Å². The highest BCUT2D eigenvalue weighted by molar-refractivity contribution is 7.98. The van der Waals surface area contributed by atoms with E-state index in [9.17, 15) is 0 Å². The topological polar surface area (TPSA) is 51.8 Å². The van der Waals surface area contributed by atoms with Crippen molar-refractivity contribution in [3.63, 3.8) is 0 Å². The molecule has 2 rings (SSSR count). The molecule has 0 aliphatic carbocycles. The van der Waals surface area contributed by atoms with Crippen LogP contribution < -0.4 is 5.73 Å². The predicted molar refractivity (Wildman–Crippen MR) is 67.5 cm³/mol. The molecule has 0 aliphatic heterocycles. The van der Waals surface area contributed by atoms with Crippen molar-refractivity contribution in [2.45, 2.75) is 10.8 Å². The van der Waals surface area contributed by atoms with Crippen molar-refractivity contribution in [1.82, 2.24) is 9.97 Å². The summed E-state index contributed by atoms with van der Waals surface area (Å²) >= 11 is 7.63. The molecule has 0 fully saturated rings. The van der Waals surface area contributed by atoms with Crippen LogP contribution in [-0.4, -0.2) is 9.97 Å². The van der Waals surface area contributed by atoms with E-state index in [-0.39, 0.29) is 0 Å². The SMILES string of the molecule is Nc1cccc(Cl)c1CSc1cnccn1. The summed E-state index contributed by atoms with van der Waals surface area (Å²) in [5.74, 6) is 0.699. The van der Waals surface area contributed by atoms with Gasteiger partial charge in [0.2, 0.25) is 0 Å². The van der Waals surface area contributed by atoms with E-state index in [4.69, 9.17) is 17.3 Å². The number of aromatic nitrogens is 2. The molecule has 0 amide bonds. The molecule has 1 aromatic carbocycles. The first-order valence-corrected chi connectivity index (χ1v) is 6.05. The largest absolute Gasteiger partial charge is 0.398 e. The second kappa shape index (κ2) is 5.18. The van der Waals surface area contributed by atoms with E-state index in [1.54, 1.807) is 30.4 Å². The van der Waals surface area contributed by atoms with E-state index >= 15 is 0 Å². The molecular weight excluding hydrogens is 242 g/mol. The molecule has 16 heavy (non-hydrogen) atoms. The summed E-state index contributed by atoms with van der Waals surface area (Å²) in [7, 11) is 0. The van der Waals surface area contributed by atoms with Crippen molar-refractivity contribution in [2.24, 2.45) is 0 Å². The lowest BCUT2D eigenvalue weighted by molar-refractivity contribution is 1.05. The Hall–Kier alpha value is -1.26. The summed E-state index contributed by atoms with van der Waals surface area (Å²) in [5, 5.41) is 1.55.